The highest BCUT2D eigenvalue weighted by atomic mass is 35.5. The number of hydrogen-bond donors (Lipinski definition) is 0. The van der Waals surface area contributed by atoms with Crippen LogP contribution in [0.25, 0.3) is 0 Å². The first-order valence-corrected chi connectivity index (χ1v) is 5.90. The molecular formula is C12H14ClN3O. The summed E-state index contributed by atoms with van der Waals surface area (Å²) in [5, 5.41) is 0.466. The van der Waals surface area contributed by atoms with Gasteiger partial charge in [0.15, 0.2) is 0 Å². The first kappa shape index (κ1) is 11.9. The van der Waals surface area contributed by atoms with Gasteiger partial charge < -0.3 is 9.30 Å². The molecule has 0 aromatic carbocycles. The summed E-state index contributed by atoms with van der Waals surface area (Å²) < 4.78 is 7.70. The maximum absolute atomic E-state index is 5.70. The molecule has 0 radical (unpaired) electrons. The molecule has 0 spiro atoms. The Hall–Kier alpha value is -1.55. The fraction of sp³-hybridized carbons (Fsp3) is 0.333. The number of nitrogens with zero attached hydrogens (tertiary/aromatic N) is 3. The Kier molecular flexibility index (Phi) is 3.98. The molecule has 0 aliphatic rings. The van der Waals surface area contributed by atoms with Gasteiger partial charge in [-0.2, -0.15) is 0 Å². The largest absolute Gasteiger partial charge is 0.486 e. The molecule has 0 amide bonds. The predicted octanol–water partition coefficient (Wildman–Crippen LogP) is 2.92. The van der Waals surface area contributed by atoms with E-state index < -0.39 is 0 Å². The number of halogens is 1. The smallest absolute Gasteiger partial charge is 0.138 e. The van der Waals surface area contributed by atoms with E-state index in [-0.39, 0.29) is 0 Å². The summed E-state index contributed by atoms with van der Waals surface area (Å²) in [4.78, 5) is 8.07. The Balaban J connectivity index is 1.97. The van der Waals surface area contributed by atoms with Gasteiger partial charge in [-0.05, 0) is 18.6 Å². The van der Waals surface area contributed by atoms with Crippen LogP contribution in [-0.2, 0) is 13.2 Å². The van der Waals surface area contributed by atoms with Gasteiger partial charge >= 0.3 is 0 Å². The van der Waals surface area contributed by atoms with Gasteiger partial charge in [0, 0.05) is 6.54 Å². The minimum Gasteiger partial charge on any atom is -0.486 e. The fourth-order valence-electron chi connectivity index (χ4n) is 1.52. The third kappa shape index (κ3) is 3.20. The monoisotopic (exact) mass is 251 g/mol. The van der Waals surface area contributed by atoms with E-state index in [1.165, 1.54) is 0 Å². The van der Waals surface area contributed by atoms with Gasteiger partial charge in [0.25, 0.3) is 0 Å². The van der Waals surface area contributed by atoms with Gasteiger partial charge in [-0.25, -0.2) is 9.97 Å². The number of pyridine rings is 1. The van der Waals surface area contributed by atoms with Gasteiger partial charge in [0.1, 0.15) is 17.5 Å². The first-order valence-electron chi connectivity index (χ1n) is 5.53. The topological polar surface area (TPSA) is 39.9 Å². The lowest BCUT2D eigenvalue weighted by molar-refractivity contribution is 0.293. The van der Waals surface area contributed by atoms with Crippen LogP contribution >= 0.6 is 11.6 Å². The SMILES string of the molecule is CCCn1cncc1COc1ccc(Cl)nc1. The molecular weight excluding hydrogens is 238 g/mol. The Bertz CT molecular complexity index is 467. The predicted molar refractivity (Wildman–Crippen MR) is 66.1 cm³/mol. The minimum absolute atomic E-state index is 0.466. The molecule has 0 aliphatic heterocycles. The highest BCUT2D eigenvalue weighted by Gasteiger charge is 2.02. The number of aromatic nitrogens is 3. The molecule has 0 unspecified atom stereocenters. The van der Waals surface area contributed by atoms with E-state index in [0.29, 0.717) is 17.5 Å². The molecule has 4 nitrogen and oxygen atoms in total. The highest BCUT2D eigenvalue weighted by molar-refractivity contribution is 6.29. The molecule has 0 atom stereocenters. The average Bonchev–Trinajstić information content (AvgIpc) is 2.77. The molecule has 0 bridgehead atoms. The van der Waals surface area contributed by atoms with Gasteiger partial charge in [0.05, 0.1) is 24.4 Å². The van der Waals surface area contributed by atoms with Crippen LogP contribution in [0.5, 0.6) is 5.75 Å². The average molecular weight is 252 g/mol. The van der Waals surface area contributed by atoms with E-state index >= 15 is 0 Å². The van der Waals surface area contributed by atoms with E-state index in [9.17, 15) is 0 Å². The van der Waals surface area contributed by atoms with Gasteiger partial charge in [-0.15, -0.1) is 0 Å². The number of rotatable bonds is 5. The zero-order valence-corrected chi connectivity index (χ0v) is 10.4. The second kappa shape index (κ2) is 5.68. The van der Waals surface area contributed by atoms with Gasteiger partial charge in [-0.1, -0.05) is 18.5 Å². The highest BCUT2D eigenvalue weighted by Crippen LogP contribution is 2.14. The Labute approximate surface area is 105 Å². The van der Waals surface area contributed by atoms with Crippen molar-refractivity contribution in [2.24, 2.45) is 0 Å². The minimum atomic E-state index is 0.466. The third-order valence-corrected chi connectivity index (χ3v) is 2.57. The van der Waals surface area contributed by atoms with Crippen LogP contribution in [0.4, 0.5) is 0 Å². The summed E-state index contributed by atoms with van der Waals surface area (Å²) in [5.41, 5.74) is 1.06. The normalized spacial score (nSPS) is 10.5. The Morgan fingerprint density at radius 1 is 1.35 bits per heavy atom. The molecule has 0 aliphatic carbocycles. The molecule has 0 fully saturated rings. The second-order valence-corrected chi connectivity index (χ2v) is 4.07. The van der Waals surface area contributed by atoms with Crippen molar-refractivity contribution in [1.29, 1.82) is 0 Å². The van der Waals surface area contributed by atoms with Crippen molar-refractivity contribution in [1.82, 2.24) is 14.5 Å². The van der Waals surface area contributed by atoms with Crippen LogP contribution in [0.1, 0.15) is 19.0 Å². The molecule has 0 N–H and O–H groups in total. The number of ether oxygens (including phenoxy) is 1. The third-order valence-electron chi connectivity index (χ3n) is 2.35. The summed E-state index contributed by atoms with van der Waals surface area (Å²) in [6, 6.07) is 3.51. The summed E-state index contributed by atoms with van der Waals surface area (Å²) >= 11 is 5.70. The molecule has 2 aromatic rings. The van der Waals surface area contributed by atoms with Crippen molar-refractivity contribution in [3.05, 3.63) is 41.7 Å². The Morgan fingerprint density at radius 3 is 2.94 bits per heavy atom. The second-order valence-electron chi connectivity index (χ2n) is 3.68. The van der Waals surface area contributed by atoms with Crippen LogP contribution in [0.2, 0.25) is 5.15 Å². The molecule has 2 aromatic heterocycles. The van der Waals surface area contributed by atoms with E-state index in [1.807, 2.05) is 12.5 Å². The summed E-state index contributed by atoms with van der Waals surface area (Å²) in [6.07, 6.45) is 6.33. The van der Waals surface area contributed by atoms with Gasteiger partial charge in [0.2, 0.25) is 0 Å². The van der Waals surface area contributed by atoms with Crippen LogP contribution in [0.15, 0.2) is 30.9 Å². The number of imidazole rings is 1. The van der Waals surface area contributed by atoms with E-state index in [4.69, 9.17) is 16.3 Å². The lowest BCUT2D eigenvalue weighted by Crippen LogP contribution is -2.05. The molecule has 90 valence electrons. The van der Waals surface area contributed by atoms with Crippen LogP contribution in [0.3, 0.4) is 0 Å². The number of hydrogen-bond acceptors (Lipinski definition) is 3. The zero-order valence-electron chi connectivity index (χ0n) is 9.64. The summed E-state index contributed by atoms with van der Waals surface area (Å²) in [5.74, 6) is 0.707. The maximum atomic E-state index is 5.70. The Morgan fingerprint density at radius 2 is 2.24 bits per heavy atom. The van der Waals surface area contributed by atoms with Crippen molar-refractivity contribution in [2.75, 3.05) is 0 Å². The quantitative estimate of drug-likeness (QED) is 0.767. The summed E-state index contributed by atoms with van der Waals surface area (Å²) in [7, 11) is 0. The van der Waals surface area contributed by atoms with Crippen molar-refractivity contribution in [3.63, 3.8) is 0 Å². The van der Waals surface area contributed by atoms with E-state index in [0.717, 1.165) is 18.7 Å². The van der Waals surface area contributed by atoms with Crippen LogP contribution in [-0.4, -0.2) is 14.5 Å². The lowest BCUT2D eigenvalue weighted by Gasteiger charge is -2.08. The first-order chi connectivity index (χ1) is 8.29. The molecule has 0 saturated carbocycles. The van der Waals surface area contributed by atoms with Crippen LogP contribution in [0, 0.1) is 0 Å². The summed E-state index contributed by atoms with van der Waals surface area (Å²) in [6.45, 7) is 3.58. The molecule has 0 saturated heterocycles. The molecule has 2 rings (SSSR count). The molecule has 5 heteroatoms. The molecule has 17 heavy (non-hydrogen) atoms. The van der Waals surface area contributed by atoms with E-state index in [1.54, 1.807) is 18.3 Å². The van der Waals surface area contributed by atoms with E-state index in [2.05, 4.69) is 21.5 Å². The van der Waals surface area contributed by atoms with Crippen molar-refractivity contribution in [2.45, 2.75) is 26.5 Å². The lowest BCUT2D eigenvalue weighted by atomic mass is 10.4. The maximum Gasteiger partial charge on any atom is 0.138 e. The van der Waals surface area contributed by atoms with Crippen molar-refractivity contribution < 1.29 is 4.74 Å². The van der Waals surface area contributed by atoms with Crippen LogP contribution < -0.4 is 4.74 Å². The zero-order chi connectivity index (χ0) is 12.1. The van der Waals surface area contributed by atoms with Gasteiger partial charge in [-0.3, -0.25) is 0 Å². The van der Waals surface area contributed by atoms with Crippen molar-refractivity contribution in [3.8, 4) is 5.75 Å². The standard InChI is InChI=1S/C12H14ClN3O/c1-2-5-16-9-14-6-10(16)8-17-11-3-4-12(13)15-7-11/h3-4,6-7,9H,2,5,8H2,1H3. The van der Waals surface area contributed by atoms with Crippen molar-refractivity contribution >= 4 is 11.6 Å². The fourth-order valence-corrected chi connectivity index (χ4v) is 1.63. The number of aryl methyl sites for hydroxylation is 1. The molecule has 2 heterocycles.